The zero-order valence-corrected chi connectivity index (χ0v) is 9.91. The van der Waals surface area contributed by atoms with Crippen LogP contribution in [0.15, 0.2) is 12.1 Å². The van der Waals surface area contributed by atoms with E-state index in [0.717, 1.165) is 0 Å². The Bertz CT molecular complexity index is 356. The average molecular weight is 259 g/mol. The number of aliphatic hydroxyl groups excluding tert-OH is 1. The number of ether oxygens (including phenoxy) is 1. The molecule has 0 aliphatic rings. The number of nitrogens with zero attached hydrogens (tertiary/aromatic N) is 1. The Labute approximate surface area is 104 Å². The number of aromatic hydroxyl groups is 2. The molecule has 1 heterocycles. The zero-order valence-electron chi connectivity index (χ0n) is 9.91. The van der Waals surface area contributed by atoms with Crippen LogP contribution in [0.4, 0.5) is 0 Å². The van der Waals surface area contributed by atoms with Crippen LogP contribution in [0, 0.1) is 0 Å². The number of carbonyl (C=O) groups is 1. The van der Waals surface area contributed by atoms with Gasteiger partial charge in [-0.25, -0.2) is 4.79 Å². The number of hydrogen-bond acceptors (Lipinski definition) is 6. The van der Waals surface area contributed by atoms with Crippen LogP contribution in [0.1, 0.15) is 19.3 Å². The lowest BCUT2D eigenvalue weighted by Gasteiger charge is -2.07. The summed E-state index contributed by atoms with van der Waals surface area (Å²) in [5.74, 6) is -1.28. The lowest BCUT2D eigenvalue weighted by Crippen LogP contribution is -2.19. The second-order valence-corrected chi connectivity index (χ2v) is 3.60. The minimum Gasteiger partial charge on any atom is -0.492 e. The lowest BCUT2D eigenvalue weighted by atomic mass is 10.3. The molecule has 1 aromatic rings. The van der Waals surface area contributed by atoms with Crippen molar-refractivity contribution in [2.75, 3.05) is 19.8 Å². The van der Waals surface area contributed by atoms with Crippen molar-refractivity contribution < 1.29 is 29.7 Å². The van der Waals surface area contributed by atoms with E-state index in [1.165, 1.54) is 12.1 Å². The maximum atomic E-state index is 11.3. The van der Waals surface area contributed by atoms with Gasteiger partial charge in [-0.05, 0) is 12.8 Å². The summed E-state index contributed by atoms with van der Waals surface area (Å²) in [5.41, 5.74) is 0. The van der Waals surface area contributed by atoms with Gasteiger partial charge in [-0.2, -0.15) is 0 Å². The summed E-state index contributed by atoms with van der Waals surface area (Å²) in [5, 5.41) is 27.0. The van der Waals surface area contributed by atoms with E-state index in [4.69, 9.17) is 14.7 Å². The van der Waals surface area contributed by atoms with Gasteiger partial charge in [0.05, 0.1) is 6.42 Å². The molecule has 18 heavy (non-hydrogen) atoms. The highest BCUT2D eigenvalue weighted by Crippen LogP contribution is 2.18. The molecule has 0 unspecified atom stereocenters. The first-order valence-corrected chi connectivity index (χ1v) is 5.64. The molecule has 7 heteroatoms. The van der Waals surface area contributed by atoms with Crippen molar-refractivity contribution in [3.05, 3.63) is 12.1 Å². The summed E-state index contributed by atoms with van der Waals surface area (Å²) in [6, 6.07) is 2.42. The second-order valence-electron chi connectivity index (χ2n) is 3.60. The molecule has 0 saturated carbocycles. The van der Waals surface area contributed by atoms with Crippen molar-refractivity contribution in [2.24, 2.45) is 0 Å². The molecule has 0 bridgehead atoms. The van der Waals surface area contributed by atoms with Crippen LogP contribution in [0.3, 0.4) is 0 Å². The van der Waals surface area contributed by atoms with Gasteiger partial charge in [-0.15, -0.1) is 4.73 Å². The number of hydrogen-bond donors (Lipinski definition) is 3. The van der Waals surface area contributed by atoms with Gasteiger partial charge in [0.2, 0.25) is 11.8 Å². The van der Waals surface area contributed by atoms with Crippen LogP contribution in [-0.4, -0.2) is 45.8 Å². The van der Waals surface area contributed by atoms with Crippen molar-refractivity contribution in [1.82, 2.24) is 4.73 Å². The highest BCUT2D eigenvalue weighted by molar-refractivity contribution is 5.69. The molecule has 1 aromatic heterocycles. The summed E-state index contributed by atoms with van der Waals surface area (Å²) in [6.07, 6.45) is 1.14. The van der Waals surface area contributed by atoms with Crippen molar-refractivity contribution in [3.63, 3.8) is 0 Å². The zero-order chi connectivity index (χ0) is 13.4. The quantitative estimate of drug-likeness (QED) is 0.569. The molecule has 0 aromatic carbocycles. The van der Waals surface area contributed by atoms with Crippen LogP contribution >= 0.6 is 0 Å². The van der Waals surface area contributed by atoms with E-state index < -0.39 is 5.97 Å². The summed E-state index contributed by atoms with van der Waals surface area (Å²) in [6.45, 7) is 0.914. The summed E-state index contributed by atoms with van der Waals surface area (Å²) in [7, 11) is 0. The summed E-state index contributed by atoms with van der Waals surface area (Å²) >= 11 is 0. The molecule has 3 N–H and O–H groups in total. The Kier molecular flexibility index (Phi) is 6.03. The number of aromatic nitrogens is 1. The molecular formula is C11H17NO6. The molecule has 0 fully saturated rings. The Morgan fingerprint density at radius 2 is 1.78 bits per heavy atom. The van der Waals surface area contributed by atoms with Crippen molar-refractivity contribution in [3.8, 4) is 11.8 Å². The fourth-order valence-electron chi connectivity index (χ4n) is 1.23. The Morgan fingerprint density at radius 1 is 1.17 bits per heavy atom. The third kappa shape index (κ3) is 4.64. The van der Waals surface area contributed by atoms with Gasteiger partial charge in [-0.3, -0.25) is 0 Å². The molecule has 0 aliphatic heterocycles. The van der Waals surface area contributed by atoms with Crippen molar-refractivity contribution in [1.29, 1.82) is 0 Å². The van der Waals surface area contributed by atoms with E-state index in [1.807, 2.05) is 0 Å². The molecule has 0 spiro atoms. The molecule has 0 amide bonds. The third-order valence-electron chi connectivity index (χ3n) is 2.11. The topological polar surface area (TPSA) is 101 Å². The van der Waals surface area contributed by atoms with Gasteiger partial charge in [0, 0.05) is 32.0 Å². The Hall–Kier alpha value is -1.73. The van der Waals surface area contributed by atoms with Gasteiger partial charge >= 0.3 is 5.97 Å². The van der Waals surface area contributed by atoms with Crippen LogP contribution in [0.2, 0.25) is 0 Å². The first-order valence-electron chi connectivity index (χ1n) is 5.64. The summed E-state index contributed by atoms with van der Waals surface area (Å²) < 4.78 is 5.78. The first kappa shape index (κ1) is 14.3. The average Bonchev–Trinajstić information content (AvgIpc) is 2.65. The fraction of sp³-hybridized carbons (Fsp3) is 0.545. The lowest BCUT2D eigenvalue weighted by molar-refractivity contribution is -0.145. The van der Waals surface area contributed by atoms with E-state index >= 15 is 0 Å². The monoisotopic (exact) mass is 259 g/mol. The minimum absolute atomic E-state index is 0.0776. The predicted octanol–water partition coefficient (Wildman–Crippen LogP) is 0.0337. The fourth-order valence-corrected chi connectivity index (χ4v) is 1.23. The SMILES string of the molecule is O=C(CCCOCCCO)On1c(O)ccc1O. The van der Waals surface area contributed by atoms with Gasteiger partial charge in [0.1, 0.15) is 0 Å². The number of aliphatic hydroxyl groups is 1. The van der Waals surface area contributed by atoms with Gasteiger partial charge in [-0.1, -0.05) is 0 Å². The predicted molar refractivity (Wildman–Crippen MR) is 61.1 cm³/mol. The molecule has 0 saturated heterocycles. The van der Waals surface area contributed by atoms with E-state index in [-0.39, 0.29) is 24.8 Å². The molecule has 102 valence electrons. The second kappa shape index (κ2) is 7.57. The maximum Gasteiger partial charge on any atom is 0.333 e. The van der Waals surface area contributed by atoms with Crippen LogP contribution < -0.4 is 4.84 Å². The first-order chi connectivity index (χ1) is 8.65. The van der Waals surface area contributed by atoms with Crippen LogP contribution in [0.25, 0.3) is 0 Å². The third-order valence-corrected chi connectivity index (χ3v) is 2.11. The smallest absolute Gasteiger partial charge is 0.333 e. The van der Waals surface area contributed by atoms with Crippen LogP contribution in [-0.2, 0) is 9.53 Å². The van der Waals surface area contributed by atoms with E-state index in [2.05, 4.69) is 0 Å². The Morgan fingerprint density at radius 3 is 2.39 bits per heavy atom. The van der Waals surface area contributed by atoms with E-state index in [1.54, 1.807) is 0 Å². The van der Waals surface area contributed by atoms with E-state index in [9.17, 15) is 15.0 Å². The normalized spacial score (nSPS) is 10.5. The highest BCUT2D eigenvalue weighted by Gasteiger charge is 2.11. The Balaban J connectivity index is 2.18. The minimum atomic E-state index is -0.581. The van der Waals surface area contributed by atoms with Gasteiger partial charge in [0.25, 0.3) is 0 Å². The molecule has 1 rings (SSSR count). The van der Waals surface area contributed by atoms with Gasteiger partial charge < -0.3 is 24.9 Å². The molecule has 7 nitrogen and oxygen atoms in total. The summed E-state index contributed by atoms with van der Waals surface area (Å²) in [4.78, 5) is 16.1. The molecule has 0 atom stereocenters. The van der Waals surface area contributed by atoms with Gasteiger partial charge in [0.15, 0.2) is 0 Å². The maximum absolute atomic E-state index is 11.3. The van der Waals surface area contributed by atoms with Crippen molar-refractivity contribution >= 4 is 5.97 Å². The van der Waals surface area contributed by atoms with E-state index in [0.29, 0.717) is 30.8 Å². The molecular weight excluding hydrogens is 242 g/mol. The molecule has 0 aliphatic carbocycles. The van der Waals surface area contributed by atoms with Crippen molar-refractivity contribution in [2.45, 2.75) is 19.3 Å². The van der Waals surface area contributed by atoms with Crippen LogP contribution in [0.5, 0.6) is 11.8 Å². The largest absolute Gasteiger partial charge is 0.492 e. The highest BCUT2D eigenvalue weighted by atomic mass is 16.7. The number of carbonyl (C=O) groups excluding carboxylic acids is 1. The standard InChI is InChI=1S/C11H17NO6/c13-6-2-8-17-7-1-3-11(16)18-12-9(14)4-5-10(12)15/h4-5,13-15H,1-3,6-8H2. The molecule has 0 radical (unpaired) electrons. The number of rotatable bonds is 8.